The lowest BCUT2D eigenvalue weighted by atomic mass is 10.0. The van der Waals surface area contributed by atoms with Gasteiger partial charge in [0.25, 0.3) is 0 Å². The van der Waals surface area contributed by atoms with Gasteiger partial charge < -0.3 is 10.2 Å². The Morgan fingerprint density at radius 2 is 1.56 bits per heavy atom. The number of benzene rings is 3. The Kier molecular flexibility index (Phi) is 10.7. The standard InChI is InChI=1S/C29H32Cl2N2O2S/c1-20(2)32-29(35)27(16-22-11-5-4-6-12-22)33(17-24-25(30)14-9-15-26(24)31)28(34)19-36-18-23-13-8-7-10-21(23)3/h4-15,20,27H,16-19H2,1-3H3,(H,32,35)/t27-/m1/s1. The molecular weight excluding hydrogens is 511 g/mol. The second-order valence-electron chi connectivity index (χ2n) is 9.01. The molecular formula is C29H32Cl2N2O2S. The van der Waals surface area contributed by atoms with E-state index in [1.54, 1.807) is 23.1 Å². The summed E-state index contributed by atoms with van der Waals surface area (Å²) in [4.78, 5) is 28.8. The van der Waals surface area contributed by atoms with Crippen LogP contribution in [0.5, 0.6) is 0 Å². The van der Waals surface area contributed by atoms with Crippen molar-refractivity contribution in [3.05, 3.63) is 105 Å². The third kappa shape index (κ3) is 8.02. The lowest BCUT2D eigenvalue weighted by Gasteiger charge is -2.32. The van der Waals surface area contributed by atoms with Crippen molar-refractivity contribution in [1.29, 1.82) is 0 Å². The molecule has 3 aromatic rings. The summed E-state index contributed by atoms with van der Waals surface area (Å²) in [6, 6.07) is 22.4. The van der Waals surface area contributed by atoms with Crippen LogP contribution in [-0.4, -0.2) is 34.6 Å². The van der Waals surface area contributed by atoms with E-state index in [2.05, 4.69) is 24.4 Å². The van der Waals surface area contributed by atoms with Crippen LogP contribution >= 0.6 is 35.0 Å². The minimum Gasteiger partial charge on any atom is -0.352 e. The van der Waals surface area contributed by atoms with Gasteiger partial charge in [0.2, 0.25) is 11.8 Å². The van der Waals surface area contributed by atoms with Gasteiger partial charge in [-0.15, -0.1) is 11.8 Å². The summed E-state index contributed by atoms with van der Waals surface area (Å²) in [6.07, 6.45) is 0.385. The Hall–Kier alpha value is -2.47. The van der Waals surface area contributed by atoms with Crippen molar-refractivity contribution in [2.45, 2.75) is 51.6 Å². The molecule has 3 rings (SSSR count). The number of hydrogen-bond donors (Lipinski definition) is 1. The van der Waals surface area contributed by atoms with Crippen LogP contribution in [0.2, 0.25) is 10.0 Å². The average molecular weight is 544 g/mol. The number of amides is 2. The summed E-state index contributed by atoms with van der Waals surface area (Å²) in [7, 11) is 0. The first kappa shape index (κ1) is 28.1. The molecule has 0 spiro atoms. The van der Waals surface area contributed by atoms with Crippen LogP contribution in [0.3, 0.4) is 0 Å². The van der Waals surface area contributed by atoms with Gasteiger partial charge in [-0.25, -0.2) is 0 Å². The lowest BCUT2D eigenvalue weighted by Crippen LogP contribution is -2.52. The van der Waals surface area contributed by atoms with Crippen molar-refractivity contribution >= 4 is 46.8 Å². The van der Waals surface area contributed by atoms with Crippen LogP contribution in [0.15, 0.2) is 72.8 Å². The highest BCUT2D eigenvalue weighted by molar-refractivity contribution is 7.99. The molecule has 7 heteroatoms. The molecule has 1 N–H and O–H groups in total. The molecule has 0 aliphatic carbocycles. The van der Waals surface area contributed by atoms with Gasteiger partial charge in [-0.05, 0) is 49.6 Å². The molecule has 1 atom stereocenters. The van der Waals surface area contributed by atoms with Gasteiger partial charge in [0.1, 0.15) is 6.04 Å². The molecule has 0 aliphatic heterocycles. The largest absolute Gasteiger partial charge is 0.352 e. The molecule has 190 valence electrons. The second kappa shape index (κ2) is 13.7. The molecule has 0 heterocycles. The first-order chi connectivity index (χ1) is 17.3. The average Bonchev–Trinajstić information content (AvgIpc) is 2.84. The maximum absolute atomic E-state index is 13.7. The molecule has 36 heavy (non-hydrogen) atoms. The number of thioether (sulfide) groups is 1. The van der Waals surface area contributed by atoms with Gasteiger partial charge in [-0.1, -0.05) is 83.9 Å². The van der Waals surface area contributed by atoms with Gasteiger partial charge in [-0.2, -0.15) is 0 Å². The Labute approximate surface area is 228 Å². The van der Waals surface area contributed by atoms with Gasteiger partial charge in [0.15, 0.2) is 0 Å². The van der Waals surface area contributed by atoms with Gasteiger partial charge >= 0.3 is 0 Å². The SMILES string of the molecule is Cc1ccccc1CSCC(=O)N(Cc1c(Cl)cccc1Cl)[C@H](Cc1ccccc1)C(=O)NC(C)C. The zero-order valence-electron chi connectivity index (χ0n) is 20.8. The lowest BCUT2D eigenvalue weighted by molar-refractivity contribution is -0.139. The fraction of sp³-hybridized carbons (Fsp3) is 0.310. The molecule has 0 aromatic heterocycles. The van der Waals surface area contributed by atoms with E-state index in [1.165, 1.54) is 22.9 Å². The van der Waals surface area contributed by atoms with Crippen molar-refractivity contribution in [3.8, 4) is 0 Å². The zero-order valence-corrected chi connectivity index (χ0v) is 23.2. The van der Waals surface area contributed by atoms with Crippen LogP contribution in [0, 0.1) is 6.92 Å². The zero-order chi connectivity index (χ0) is 26.1. The summed E-state index contributed by atoms with van der Waals surface area (Å²) in [5, 5.41) is 3.93. The number of nitrogens with zero attached hydrogens (tertiary/aromatic N) is 1. The number of rotatable bonds is 11. The minimum absolute atomic E-state index is 0.0629. The van der Waals surface area contributed by atoms with Crippen molar-refractivity contribution in [3.63, 3.8) is 0 Å². The number of carbonyl (C=O) groups excluding carboxylic acids is 2. The van der Waals surface area contributed by atoms with E-state index < -0.39 is 6.04 Å². The maximum Gasteiger partial charge on any atom is 0.243 e. The fourth-order valence-electron chi connectivity index (χ4n) is 3.89. The topological polar surface area (TPSA) is 49.4 Å². The smallest absolute Gasteiger partial charge is 0.243 e. The Morgan fingerprint density at radius 1 is 0.917 bits per heavy atom. The molecule has 0 radical (unpaired) electrons. The third-order valence-electron chi connectivity index (χ3n) is 5.84. The monoisotopic (exact) mass is 542 g/mol. The first-order valence-corrected chi connectivity index (χ1v) is 13.9. The number of hydrogen-bond acceptors (Lipinski definition) is 3. The number of aryl methyl sites for hydroxylation is 1. The fourth-order valence-corrected chi connectivity index (χ4v) is 5.39. The Morgan fingerprint density at radius 3 is 2.19 bits per heavy atom. The maximum atomic E-state index is 13.7. The van der Waals surface area contributed by atoms with E-state index in [-0.39, 0.29) is 30.2 Å². The van der Waals surface area contributed by atoms with Gasteiger partial charge in [0.05, 0.1) is 5.75 Å². The number of carbonyl (C=O) groups is 2. The van der Waals surface area contributed by atoms with Crippen molar-refractivity contribution < 1.29 is 9.59 Å². The van der Waals surface area contributed by atoms with E-state index in [9.17, 15) is 9.59 Å². The molecule has 2 amide bonds. The molecule has 0 saturated carbocycles. The van der Waals surface area contributed by atoms with Crippen LogP contribution < -0.4 is 5.32 Å². The van der Waals surface area contributed by atoms with Crippen LogP contribution in [0.4, 0.5) is 0 Å². The van der Waals surface area contributed by atoms with E-state index in [0.717, 1.165) is 5.56 Å². The van der Waals surface area contributed by atoms with Crippen molar-refractivity contribution in [1.82, 2.24) is 10.2 Å². The molecule has 0 aliphatic rings. The summed E-state index contributed by atoms with van der Waals surface area (Å²) in [5.74, 6) is 0.607. The molecule has 3 aromatic carbocycles. The summed E-state index contributed by atoms with van der Waals surface area (Å²) in [6.45, 7) is 6.03. The quantitative estimate of drug-likeness (QED) is 0.293. The van der Waals surface area contributed by atoms with Crippen molar-refractivity contribution in [2.75, 3.05) is 5.75 Å². The summed E-state index contributed by atoms with van der Waals surface area (Å²) in [5.41, 5.74) is 3.98. The van der Waals surface area contributed by atoms with Gasteiger partial charge in [0, 0.05) is 40.4 Å². The third-order valence-corrected chi connectivity index (χ3v) is 7.51. The van der Waals surface area contributed by atoms with E-state index in [4.69, 9.17) is 23.2 Å². The normalized spacial score (nSPS) is 11.8. The summed E-state index contributed by atoms with van der Waals surface area (Å²) >= 11 is 14.5. The van der Waals surface area contributed by atoms with Crippen LogP contribution in [0.25, 0.3) is 0 Å². The highest BCUT2D eigenvalue weighted by Gasteiger charge is 2.31. The van der Waals surface area contributed by atoms with E-state index >= 15 is 0 Å². The summed E-state index contributed by atoms with van der Waals surface area (Å²) < 4.78 is 0. The molecule has 0 saturated heterocycles. The van der Waals surface area contributed by atoms with E-state index in [0.29, 0.717) is 27.8 Å². The predicted molar refractivity (Wildman–Crippen MR) is 152 cm³/mol. The van der Waals surface area contributed by atoms with Crippen LogP contribution in [0.1, 0.15) is 36.1 Å². The number of halogens is 2. The second-order valence-corrected chi connectivity index (χ2v) is 10.8. The minimum atomic E-state index is -0.714. The molecule has 4 nitrogen and oxygen atoms in total. The highest BCUT2D eigenvalue weighted by Crippen LogP contribution is 2.28. The molecule has 0 fully saturated rings. The van der Waals surface area contributed by atoms with Gasteiger partial charge in [-0.3, -0.25) is 9.59 Å². The first-order valence-electron chi connectivity index (χ1n) is 11.9. The van der Waals surface area contributed by atoms with E-state index in [1.807, 2.05) is 56.3 Å². The Balaban J connectivity index is 1.90. The highest BCUT2D eigenvalue weighted by atomic mass is 35.5. The Bertz CT molecular complexity index is 1150. The number of nitrogens with one attached hydrogen (secondary N) is 1. The van der Waals surface area contributed by atoms with Crippen LogP contribution in [-0.2, 0) is 28.3 Å². The van der Waals surface area contributed by atoms with Crippen molar-refractivity contribution in [2.24, 2.45) is 0 Å². The molecule has 0 bridgehead atoms. The predicted octanol–water partition coefficient (Wildman–Crippen LogP) is 6.70. The molecule has 0 unspecified atom stereocenters.